The van der Waals surface area contributed by atoms with Crippen molar-refractivity contribution >= 4 is 17.3 Å². The smallest absolute Gasteiger partial charge is 0.220 e. The van der Waals surface area contributed by atoms with E-state index in [1.54, 1.807) is 27.7 Å². The summed E-state index contributed by atoms with van der Waals surface area (Å²) in [5, 5.41) is 52.5. The van der Waals surface area contributed by atoms with Crippen molar-refractivity contribution in [2.24, 2.45) is 10.3 Å². The lowest BCUT2D eigenvalue weighted by molar-refractivity contribution is -0.485. The van der Waals surface area contributed by atoms with Gasteiger partial charge >= 0.3 is 0 Å². The van der Waals surface area contributed by atoms with Gasteiger partial charge in [-0.15, -0.1) is 0 Å². The third-order valence-corrected chi connectivity index (χ3v) is 5.00. The van der Waals surface area contributed by atoms with Crippen molar-refractivity contribution in [2.45, 2.75) is 84.2 Å². The number of carbonyl (C=O) groups excluding carboxylic acids is 1. The molecule has 0 bridgehead atoms. The lowest BCUT2D eigenvalue weighted by Crippen LogP contribution is -2.57. The number of amides is 1. The molecule has 0 saturated carbocycles. The highest BCUT2D eigenvalue weighted by atomic mass is 16.7. The zero-order valence-corrected chi connectivity index (χ0v) is 18.6. The average Bonchev–Trinajstić information content (AvgIpc) is 2.62. The molecule has 174 valence electrons. The van der Waals surface area contributed by atoms with E-state index in [2.05, 4.69) is 26.2 Å². The lowest BCUT2D eigenvalue weighted by Gasteiger charge is -2.31. The minimum absolute atomic E-state index is 0.0946. The van der Waals surface area contributed by atoms with Gasteiger partial charge in [-0.1, -0.05) is 5.16 Å². The average molecular weight is 433 g/mol. The van der Waals surface area contributed by atoms with Gasteiger partial charge in [0.15, 0.2) is 11.3 Å². The monoisotopic (exact) mass is 432 g/mol. The predicted octanol–water partition coefficient (Wildman–Crippen LogP) is 0.191. The summed E-state index contributed by atoms with van der Waals surface area (Å²) in [7, 11) is 0. The molecule has 0 spiro atoms. The van der Waals surface area contributed by atoms with Crippen molar-refractivity contribution in [3.05, 3.63) is 10.1 Å². The Kier molecular flexibility index (Phi) is 11.6. The van der Waals surface area contributed by atoms with Gasteiger partial charge in [-0.2, -0.15) is 0 Å². The summed E-state index contributed by atoms with van der Waals surface area (Å²) >= 11 is 0. The van der Waals surface area contributed by atoms with Crippen molar-refractivity contribution in [3.8, 4) is 0 Å². The largest absolute Gasteiger partial charge is 0.411 e. The van der Waals surface area contributed by atoms with Gasteiger partial charge in [-0.05, 0) is 54.4 Å². The summed E-state index contributed by atoms with van der Waals surface area (Å²) < 4.78 is 0. The number of nitrogens with one attached hydrogen (secondary N) is 3. The molecule has 1 amide bonds. The van der Waals surface area contributed by atoms with Gasteiger partial charge in [-0.25, -0.2) is 10.1 Å². The molecule has 30 heavy (non-hydrogen) atoms. The molecular weight excluding hydrogens is 396 g/mol. The summed E-state index contributed by atoms with van der Waals surface area (Å²) in [5.74, 6) is -0.261. The Balaban J connectivity index is 5.14. The first-order valence-electron chi connectivity index (χ1n) is 9.76. The first-order chi connectivity index (χ1) is 13.7. The topological polar surface area (TPSA) is 182 Å². The number of hydrazone groups is 1. The van der Waals surface area contributed by atoms with E-state index in [1.165, 1.54) is 0 Å². The number of oxime groups is 1. The maximum absolute atomic E-state index is 12.2. The molecule has 12 nitrogen and oxygen atoms in total. The Morgan fingerprint density at radius 3 is 2.00 bits per heavy atom. The Hall–Kier alpha value is -2.15. The number of rotatable bonds is 14. The van der Waals surface area contributed by atoms with Crippen molar-refractivity contribution in [3.63, 3.8) is 0 Å². The Bertz CT molecular complexity index is 633. The summed E-state index contributed by atoms with van der Waals surface area (Å²) in [5.41, 5.74) is -0.662. The number of carbonyl (C=O) groups is 1. The van der Waals surface area contributed by atoms with Crippen molar-refractivity contribution < 1.29 is 25.2 Å². The van der Waals surface area contributed by atoms with Crippen LogP contribution in [0.3, 0.4) is 0 Å². The number of nitrogens with zero attached hydrogens (tertiary/aromatic N) is 3. The fraction of sp³-hybridized carbons (Fsp3) is 0.833. The van der Waals surface area contributed by atoms with Crippen molar-refractivity contribution in [1.82, 2.24) is 16.0 Å². The predicted molar refractivity (Wildman–Crippen MR) is 113 cm³/mol. The normalized spacial score (nSPS) is 14.7. The van der Waals surface area contributed by atoms with E-state index in [0.717, 1.165) is 0 Å². The quantitative estimate of drug-likeness (QED) is 0.0739. The molecule has 0 heterocycles. The zero-order valence-electron chi connectivity index (χ0n) is 18.6. The number of nitro groups is 1. The van der Waals surface area contributed by atoms with Crippen LogP contribution in [0.5, 0.6) is 0 Å². The SMILES string of the molecule is C/C(=N\O)C(C)(C)NCC(CNC(C)(C)/C(C)=N/[N+](=O)[O-])NC(=O)CCCC(O)O. The van der Waals surface area contributed by atoms with Crippen molar-refractivity contribution in [2.75, 3.05) is 13.1 Å². The summed E-state index contributed by atoms with van der Waals surface area (Å²) in [6, 6.07) is -0.398. The minimum atomic E-state index is -1.46. The van der Waals surface area contributed by atoms with Crippen LogP contribution in [0.2, 0.25) is 0 Å². The van der Waals surface area contributed by atoms with E-state index >= 15 is 0 Å². The summed E-state index contributed by atoms with van der Waals surface area (Å²) in [4.78, 5) is 22.9. The van der Waals surface area contributed by atoms with Crippen LogP contribution in [0.1, 0.15) is 60.8 Å². The summed E-state index contributed by atoms with van der Waals surface area (Å²) in [6.45, 7) is 11.0. The molecule has 0 aliphatic carbocycles. The lowest BCUT2D eigenvalue weighted by atomic mass is 9.98. The second kappa shape index (κ2) is 12.5. The molecule has 0 aromatic carbocycles. The Morgan fingerprint density at radius 1 is 1.07 bits per heavy atom. The minimum Gasteiger partial charge on any atom is -0.411 e. The Morgan fingerprint density at radius 2 is 1.57 bits per heavy atom. The molecule has 1 unspecified atom stereocenters. The van der Waals surface area contributed by atoms with E-state index in [1.807, 2.05) is 13.8 Å². The number of hydrogen-bond acceptors (Lipinski definition) is 9. The molecule has 0 aliphatic heterocycles. The third kappa shape index (κ3) is 11.1. The van der Waals surface area contributed by atoms with Crippen LogP contribution < -0.4 is 16.0 Å². The molecule has 0 saturated heterocycles. The molecule has 0 rings (SSSR count). The second-order valence-corrected chi connectivity index (χ2v) is 8.26. The number of hydrogen-bond donors (Lipinski definition) is 6. The molecule has 0 aromatic heterocycles. The first-order valence-corrected chi connectivity index (χ1v) is 9.76. The van der Waals surface area contributed by atoms with Crippen LogP contribution in [0.4, 0.5) is 0 Å². The van der Waals surface area contributed by atoms with E-state index in [0.29, 0.717) is 18.7 Å². The van der Waals surface area contributed by atoms with E-state index in [-0.39, 0.29) is 31.0 Å². The summed E-state index contributed by atoms with van der Waals surface area (Å²) in [6.07, 6.45) is -0.918. The highest BCUT2D eigenvalue weighted by Crippen LogP contribution is 2.08. The second-order valence-electron chi connectivity index (χ2n) is 8.26. The van der Waals surface area contributed by atoms with Gasteiger partial charge in [0, 0.05) is 19.5 Å². The zero-order chi connectivity index (χ0) is 23.5. The molecular formula is C18H36N6O6. The molecule has 6 N–H and O–H groups in total. The number of aliphatic hydroxyl groups excluding tert-OH is 1. The fourth-order valence-electron chi connectivity index (χ4n) is 2.30. The molecule has 0 radical (unpaired) electrons. The molecule has 0 aliphatic rings. The molecule has 0 fully saturated rings. The van der Waals surface area contributed by atoms with Crippen LogP contribution in [-0.2, 0) is 4.79 Å². The molecule has 12 heteroatoms. The maximum Gasteiger partial charge on any atom is 0.220 e. The first kappa shape index (κ1) is 27.8. The standard InChI is InChI=1S/C18H36N6O6/c1-12(22-24(29)30)17(3,4)19-10-14(11-20-18(5,6)13(2)23-28)21-15(25)8-7-9-16(26)27/h14,16,19-20,26-28H,7-11H2,1-6H3,(H,21,25)/b22-12+,23-13+. The van der Waals surface area contributed by atoms with E-state index < -0.39 is 28.4 Å². The van der Waals surface area contributed by atoms with Gasteiger partial charge in [0.2, 0.25) is 5.91 Å². The van der Waals surface area contributed by atoms with E-state index in [4.69, 9.17) is 15.4 Å². The Labute approximate surface area is 177 Å². The third-order valence-electron chi connectivity index (χ3n) is 5.00. The highest BCUT2D eigenvalue weighted by molar-refractivity contribution is 5.90. The van der Waals surface area contributed by atoms with Gasteiger partial charge in [0.1, 0.15) is 5.71 Å². The highest BCUT2D eigenvalue weighted by Gasteiger charge is 2.27. The fourth-order valence-corrected chi connectivity index (χ4v) is 2.30. The van der Waals surface area contributed by atoms with Gasteiger partial charge in [-0.3, -0.25) is 4.79 Å². The molecule has 0 aromatic rings. The number of aliphatic hydroxyl groups is 2. The van der Waals surface area contributed by atoms with Crippen LogP contribution in [0, 0.1) is 10.1 Å². The van der Waals surface area contributed by atoms with E-state index in [9.17, 15) is 14.9 Å². The van der Waals surface area contributed by atoms with Crippen molar-refractivity contribution in [1.29, 1.82) is 0 Å². The van der Waals surface area contributed by atoms with Gasteiger partial charge < -0.3 is 31.4 Å². The van der Waals surface area contributed by atoms with Gasteiger partial charge in [0.05, 0.1) is 27.9 Å². The maximum atomic E-state index is 12.2. The molecule has 1 atom stereocenters. The van der Waals surface area contributed by atoms with Crippen LogP contribution in [-0.4, -0.2) is 74.3 Å². The van der Waals surface area contributed by atoms with Crippen LogP contribution >= 0.6 is 0 Å². The van der Waals surface area contributed by atoms with Crippen LogP contribution in [0.25, 0.3) is 0 Å². The van der Waals surface area contributed by atoms with Gasteiger partial charge in [0.25, 0.3) is 0 Å². The van der Waals surface area contributed by atoms with Crippen LogP contribution in [0.15, 0.2) is 10.3 Å².